The summed E-state index contributed by atoms with van der Waals surface area (Å²) in [4.78, 5) is 23.8. The number of methoxy groups -OCH3 is 1. The largest absolute Gasteiger partial charge is 0.464 e. The molecule has 2 aromatic rings. The van der Waals surface area contributed by atoms with E-state index in [4.69, 9.17) is 27.9 Å². The van der Waals surface area contributed by atoms with Crippen LogP contribution in [0.4, 0.5) is 5.82 Å². The van der Waals surface area contributed by atoms with Crippen molar-refractivity contribution in [1.82, 2.24) is 9.97 Å². The van der Waals surface area contributed by atoms with Crippen LogP contribution in [0, 0.1) is 5.41 Å². The van der Waals surface area contributed by atoms with Gasteiger partial charge in [0.15, 0.2) is 5.69 Å². The first kappa shape index (κ1) is 19.5. The molecule has 1 spiro atoms. The number of esters is 1. The zero-order valence-electron chi connectivity index (χ0n) is 15.9. The molecule has 1 saturated heterocycles. The van der Waals surface area contributed by atoms with Gasteiger partial charge in [-0.3, -0.25) is 0 Å². The zero-order valence-corrected chi connectivity index (χ0v) is 17.4. The second-order valence-electron chi connectivity index (χ2n) is 7.71. The van der Waals surface area contributed by atoms with E-state index in [2.05, 4.69) is 14.9 Å². The topological polar surface area (TPSA) is 55.3 Å². The maximum atomic E-state index is 12.4. The molecule has 0 N–H and O–H groups in total. The van der Waals surface area contributed by atoms with Gasteiger partial charge in [0.05, 0.1) is 23.4 Å². The molecule has 1 aliphatic heterocycles. The highest BCUT2D eigenvalue weighted by Crippen LogP contribution is 2.46. The summed E-state index contributed by atoms with van der Waals surface area (Å²) in [5.74, 6) is 0.166. The standard InChI is InChI=1S/C21H23Cl2N3O2/c1-28-20(27)19-18(14-5-4-6-15(22)17(14)23)24-13-16(25-19)26-11-9-21(10-12-26)7-2-3-8-21/h4-6,13H,2-3,7-12H2,1H3. The average Bonchev–Trinajstić information content (AvgIpc) is 3.17. The highest BCUT2D eigenvalue weighted by molar-refractivity contribution is 6.43. The van der Waals surface area contributed by atoms with Crippen LogP contribution in [-0.4, -0.2) is 36.1 Å². The van der Waals surface area contributed by atoms with Crippen LogP contribution in [-0.2, 0) is 4.74 Å². The molecule has 2 heterocycles. The summed E-state index contributed by atoms with van der Waals surface area (Å²) in [5, 5.41) is 0.747. The van der Waals surface area contributed by atoms with E-state index >= 15 is 0 Å². The minimum Gasteiger partial charge on any atom is -0.464 e. The van der Waals surface area contributed by atoms with E-state index in [-0.39, 0.29) is 5.69 Å². The Morgan fingerprint density at radius 3 is 2.54 bits per heavy atom. The Morgan fingerprint density at radius 2 is 1.86 bits per heavy atom. The Morgan fingerprint density at radius 1 is 1.14 bits per heavy atom. The van der Waals surface area contributed by atoms with Crippen LogP contribution in [0.2, 0.25) is 10.0 Å². The number of carbonyl (C=O) groups excluding carboxylic acids is 1. The van der Waals surface area contributed by atoms with Gasteiger partial charge in [0.1, 0.15) is 11.5 Å². The van der Waals surface area contributed by atoms with Gasteiger partial charge in [0.2, 0.25) is 0 Å². The molecule has 0 radical (unpaired) electrons. The number of aromatic nitrogens is 2. The van der Waals surface area contributed by atoms with Crippen LogP contribution in [0.3, 0.4) is 0 Å². The fourth-order valence-electron chi connectivity index (χ4n) is 4.49. The quantitative estimate of drug-likeness (QED) is 0.623. The third-order valence-corrected chi connectivity index (χ3v) is 6.98. The zero-order chi connectivity index (χ0) is 19.7. The van der Waals surface area contributed by atoms with Gasteiger partial charge in [-0.2, -0.15) is 0 Å². The lowest BCUT2D eigenvalue weighted by Gasteiger charge is -2.39. The molecule has 28 heavy (non-hydrogen) atoms. The molecular formula is C21H23Cl2N3O2. The van der Waals surface area contributed by atoms with Gasteiger partial charge < -0.3 is 9.64 Å². The molecule has 0 amide bonds. The van der Waals surface area contributed by atoms with Crippen molar-refractivity contribution in [2.24, 2.45) is 5.41 Å². The van der Waals surface area contributed by atoms with Crippen LogP contribution in [0.5, 0.6) is 0 Å². The average molecular weight is 420 g/mol. The summed E-state index contributed by atoms with van der Waals surface area (Å²) in [7, 11) is 1.34. The number of anilines is 1. The molecular weight excluding hydrogens is 397 g/mol. The minimum absolute atomic E-state index is 0.158. The lowest BCUT2D eigenvalue weighted by atomic mass is 9.77. The number of rotatable bonds is 3. The summed E-state index contributed by atoms with van der Waals surface area (Å²) < 4.78 is 4.95. The Labute approximate surface area is 175 Å². The van der Waals surface area contributed by atoms with Gasteiger partial charge >= 0.3 is 5.97 Å². The molecule has 0 unspecified atom stereocenters. The number of ether oxygens (including phenoxy) is 1. The van der Waals surface area contributed by atoms with Crippen molar-refractivity contribution in [3.63, 3.8) is 0 Å². The number of halogens is 2. The van der Waals surface area contributed by atoms with Crippen LogP contribution < -0.4 is 4.90 Å². The first-order valence-corrected chi connectivity index (χ1v) is 10.4. The molecule has 2 aliphatic rings. The fraction of sp³-hybridized carbons (Fsp3) is 0.476. The Balaban J connectivity index is 1.66. The van der Waals surface area contributed by atoms with E-state index in [1.54, 1.807) is 24.4 Å². The predicted molar refractivity (Wildman–Crippen MR) is 111 cm³/mol. The van der Waals surface area contributed by atoms with Crippen molar-refractivity contribution in [1.29, 1.82) is 0 Å². The summed E-state index contributed by atoms with van der Waals surface area (Å²) in [6, 6.07) is 5.24. The summed E-state index contributed by atoms with van der Waals surface area (Å²) in [5.41, 5.74) is 1.62. The SMILES string of the molecule is COC(=O)c1nc(N2CCC3(CCCC3)CC2)cnc1-c1cccc(Cl)c1Cl. The van der Waals surface area contributed by atoms with Gasteiger partial charge in [-0.15, -0.1) is 0 Å². The van der Waals surface area contributed by atoms with Crippen molar-refractivity contribution in [3.05, 3.63) is 40.1 Å². The van der Waals surface area contributed by atoms with Crippen molar-refractivity contribution >= 4 is 35.0 Å². The second kappa shape index (κ2) is 7.88. The lowest BCUT2D eigenvalue weighted by molar-refractivity contribution is 0.0594. The van der Waals surface area contributed by atoms with E-state index < -0.39 is 5.97 Å². The molecule has 4 rings (SSSR count). The van der Waals surface area contributed by atoms with Crippen molar-refractivity contribution in [2.45, 2.75) is 38.5 Å². The van der Waals surface area contributed by atoms with E-state index in [1.807, 2.05) is 0 Å². The predicted octanol–water partition coefficient (Wildman–Crippen LogP) is 5.40. The van der Waals surface area contributed by atoms with Crippen molar-refractivity contribution in [2.75, 3.05) is 25.1 Å². The highest BCUT2D eigenvalue weighted by Gasteiger charge is 2.37. The summed E-state index contributed by atoms with van der Waals surface area (Å²) in [6.45, 7) is 1.87. The van der Waals surface area contributed by atoms with E-state index in [9.17, 15) is 4.79 Å². The van der Waals surface area contributed by atoms with Crippen LogP contribution >= 0.6 is 23.2 Å². The van der Waals surface area contributed by atoms with Gasteiger partial charge in [0.25, 0.3) is 0 Å². The second-order valence-corrected chi connectivity index (χ2v) is 8.50. The summed E-state index contributed by atoms with van der Waals surface area (Å²) in [6.07, 6.45) is 9.43. The van der Waals surface area contributed by atoms with Crippen LogP contribution in [0.15, 0.2) is 24.4 Å². The highest BCUT2D eigenvalue weighted by atomic mass is 35.5. The molecule has 0 bridgehead atoms. The van der Waals surface area contributed by atoms with Crippen molar-refractivity contribution < 1.29 is 9.53 Å². The molecule has 1 aromatic heterocycles. The maximum absolute atomic E-state index is 12.4. The molecule has 1 aliphatic carbocycles. The number of benzene rings is 1. The molecule has 2 fully saturated rings. The Hall–Kier alpha value is -1.85. The number of nitrogens with zero attached hydrogens (tertiary/aromatic N) is 3. The number of hydrogen-bond donors (Lipinski definition) is 0. The lowest BCUT2D eigenvalue weighted by Crippen LogP contribution is -2.39. The molecule has 1 saturated carbocycles. The minimum atomic E-state index is -0.537. The number of hydrogen-bond acceptors (Lipinski definition) is 5. The first-order valence-electron chi connectivity index (χ1n) is 9.68. The normalized spacial score (nSPS) is 18.5. The molecule has 148 valence electrons. The molecule has 1 aromatic carbocycles. The van der Waals surface area contributed by atoms with Gasteiger partial charge in [-0.1, -0.05) is 48.2 Å². The molecule has 5 nitrogen and oxygen atoms in total. The van der Waals surface area contributed by atoms with Gasteiger partial charge in [-0.05, 0) is 37.2 Å². The van der Waals surface area contributed by atoms with E-state index in [0.717, 1.165) is 13.1 Å². The molecule has 7 heteroatoms. The monoisotopic (exact) mass is 419 g/mol. The number of piperidine rings is 1. The summed E-state index contributed by atoms with van der Waals surface area (Å²) >= 11 is 12.5. The maximum Gasteiger partial charge on any atom is 0.359 e. The Kier molecular flexibility index (Phi) is 5.48. The van der Waals surface area contributed by atoms with Gasteiger partial charge in [0, 0.05) is 18.7 Å². The third kappa shape index (κ3) is 3.58. The number of carbonyl (C=O) groups is 1. The van der Waals surface area contributed by atoms with E-state index in [0.29, 0.717) is 32.5 Å². The molecule has 0 atom stereocenters. The Bertz CT molecular complexity index is 887. The van der Waals surface area contributed by atoms with Gasteiger partial charge in [-0.25, -0.2) is 14.8 Å². The van der Waals surface area contributed by atoms with E-state index in [1.165, 1.54) is 45.6 Å². The third-order valence-electron chi connectivity index (χ3n) is 6.16. The smallest absolute Gasteiger partial charge is 0.359 e. The first-order chi connectivity index (χ1) is 13.5. The fourth-order valence-corrected chi connectivity index (χ4v) is 4.88. The van der Waals surface area contributed by atoms with Crippen LogP contribution in [0.1, 0.15) is 49.0 Å². The van der Waals surface area contributed by atoms with Crippen LogP contribution in [0.25, 0.3) is 11.3 Å². The van der Waals surface area contributed by atoms with Crippen molar-refractivity contribution in [3.8, 4) is 11.3 Å².